The number of nitrogens with zero attached hydrogens (tertiary/aromatic N) is 1. The lowest BCUT2D eigenvalue weighted by atomic mass is 9.83. The summed E-state index contributed by atoms with van der Waals surface area (Å²) >= 11 is 0. The molecule has 5 heteroatoms. The second kappa shape index (κ2) is 5.96. The topological polar surface area (TPSA) is 61.7 Å². The van der Waals surface area contributed by atoms with Gasteiger partial charge in [-0.1, -0.05) is 0 Å². The number of carbonyl (C=O) groups excluding carboxylic acids is 1. The van der Waals surface area contributed by atoms with Gasteiger partial charge in [0.2, 0.25) is 6.08 Å². The first-order chi connectivity index (χ1) is 6.72. The van der Waals surface area contributed by atoms with Crippen LogP contribution in [0, 0.1) is 5.92 Å². The highest BCUT2D eigenvalue weighted by molar-refractivity contribution is 6.45. The van der Waals surface area contributed by atoms with Crippen LogP contribution in [0.25, 0.3) is 0 Å². The maximum atomic E-state index is 10.0. The monoisotopic (exact) mass is 196 g/mol. The van der Waals surface area contributed by atoms with Crippen LogP contribution in [-0.4, -0.2) is 30.7 Å². The molecule has 0 spiro atoms. The molecule has 0 saturated heterocycles. The van der Waals surface area contributed by atoms with Crippen molar-refractivity contribution < 1.29 is 9.82 Å². The average molecular weight is 196 g/mol. The van der Waals surface area contributed by atoms with Crippen molar-refractivity contribution in [1.29, 1.82) is 0 Å². The van der Waals surface area contributed by atoms with E-state index in [1.807, 2.05) is 0 Å². The van der Waals surface area contributed by atoms with Gasteiger partial charge in [-0.05, 0) is 45.0 Å². The van der Waals surface area contributed by atoms with Crippen LogP contribution in [0.4, 0.5) is 0 Å². The second-order valence-corrected chi connectivity index (χ2v) is 3.98. The fraction of sp³-hybridized carbons (Fsp3) is 0.889. The molecule has 0 aromatic rings. The summed E-state index contributed by atoms with van der Waals surface area (Å²) in [6.45, 7) is 2.58. The molecule has 0 aliphatic heterocycles. The minimum absolute atomic E-state index is 0.190. The fourth-order valence-corrected chi connectivity index (χ4v) is 1.89. The van der Waals surface area contributed by atoms with Crippen molar-refractivity contribution in [3.8, 4) is 0 Å². The third-order valence-corrected chi connectivity index (χ3v) is 2.75. The molecule has 1 fully saturated rings. The van der Waals surface area contributed by atoms with Crippen LogP contribution in [0.5, 0.6) is 0 Å². The Morgan fingerprint density at radius 3 is 2.64 bits per heavy atom. The van der Waals surface area contributed by atoms with Crippen LogP contribution in [0.1, 0.15) is 25.7 Å². The normalized spacial score (nSPS) is 26.7. The predicted octanol–water partition coefficient (Wildman–Crippen LogP) is 0.581. The van der Waals surface area contributed by atoms with Gasteiger partial charge >= 0.3 is 7.05 Å². The Kier molecular flexibility index (Phi) is 4.87. The Labute approximate surface area is 84.9 Å². The smallest absolute Gasteiger partial charge is 0.373 e. The summed E-state index contributed by atoms with van der Waals surface area (Å²) in [6, 6.07) is 0.190. The van der Waals surface area contributed by atoms with Gasteiger partial charge in [0, 0.05) is 0 Å². The molecular formula is C9H17BN2O2. The second-order valence-electron chi connectivity index (χ2n) is 3.98. The Bertz CT molecular complexity index is 209. The van der Waals surface area contributed by atoms with Gasteiger partial charge in [0.15, 0.2) is 0 Å². The lowest BCUT2D eigenvalue weighted by molar-refractivity contribution is 0.323. The van der Waals surface area contributed by atoms with E-state index >= 15 is 0 Å². The minimum atomic E-state index is -0.430. The molecule has 0 atom stereocenters. The van der Waals surface area contributed by atoms with Gasteiger partial charge in [-0.3, -0.25) is 0 Å². The quantitative estimate of drug-likeness (QED) is 0.392. The van der Waals surface area contributed by atoms with E-state index in [1.54, 1.807) is 12.9 Å². The van der Waals surface area contributed by atoms with E-state index < -0.39 is 7.05 Å². The van der Waals surface area contributed by atoms with E-state index in [0.29, 0.717) is 5.92 Å². The molecule has 0 aromatic heterocycles. The van der Waals surface area contributed by atoms with Crippen molar-refractivity contribution >= 4 is 13.1 Å². The third-order valence-electron chi connectivity index (χ3n) is 2.75. The molecular weight excluding hydrogens is 179 g/mol. The fourth-order valence-electron chi connectivity index (χ4n) is 1.89. The Morgan fingerprint density at radius 1 is 1.50 bits per heavy atom. The molecule has 0 unspecified atom stereocenters. The molecule has 4 nitrogen and oxygen atoms in total. The summed E-state index contributed by atoms with van der Waals surface area (Å²) in [6.07, 6.45) is 5.73. The van der Waals surface area contributed by atoms with Crippen molar-refractivity contribution in [3.63, 3.8) is 0 Å². The van der Waals surface area contributed by atoms with Crippen molar-refractivity contribution in [3.05, 3.63) is 0 Å². The number of aliphatic imine (C=N–C) groups is 1. The summed E-state index contributed by atoms with van der Waals surface area (Å²) < 4.78 is 0. The molecule has 1 aliphatic carbocycles. The molecule has 14 heavy (non-hydrogen) atoms. The van der Waals surface area contributed by atoms with Crippen LogP contribution in [-0.2, 0) is 4.79 Å². The average Bonchev–Trinajstić information content (AvgIpc) is 2.17. The van der Waals surface area contributed by atoms with Crippen molar-refractivity contribution in [2.45, 2.75) is 38.5 Å². The number of rotatable bonds is 4. The predicted molar refractivity (Wildman–Crippen MR) is 55.7 cm³/mol. The summed E-state index contributed by atoms with van der Waals surface area (Å²) in [4.78, 5) is 13.8. The molecule has 0 amide bonds. The zero-order valence-corrected chi connectivity index (χ0v) is 8.57. The van der Waals surface area contributed by atoms with Gasteiger partial charge < -0.3 is 10.3 Å². The number of nitrogens with one attached hydrogen (secondary N) is 1. The van der Waals surface area contributed by atoms with E-state index in [1.165, 1.54) is 0 Å². The first-order valence-corrected chi connectivity index (χ1v) is 5.20. The lowest BCUT2D eigenvalue weighted by Crippen LogP contribution is -2.36. The Morgan fingerprint density at radius 2 is 2.14 bits per heavy atom. The van der Waals surface area contributed by atoms with Gasteiger partial charge in [-0.25, -0.2) is 9.79 Å². The summed E-state index contributed by atoms with van der Waals surface area (Å²) in [5.74, 6) is 0.614. The van der Waals surface area contributed by atoms with Crippen molar-refractivity contribution in [1.82, 2.24) is 5.23 Å². The van der Waals surface area contributed by atoms with Gasteiger partial charge in [-0.15, -0.1) is 0 Å². The summed E-state index contributed by atoms with van der Waals surface area (Å²) in [5.41, 5.74) is 0. The van der Waals surface area contributed by atoms with Gasteiger partial charge in [0.1, 0.15) is 0 Å². The van der Waals surface area contributed by atoms with Crippen LogP contribution < -0.4 is 5.23 Å². The minimum Gasteiger partial charge on any atom is -0.437 e. The maximum Gasteiger partial charge on any atom is 0.373 e. The van der Waals surface area contributed by atoms with Gasteiger partial charge in [0.05, 0.1) is 6.04 Å². The third kappa shape index (κ3) is 4.05. The lowest BCUT2D eigenvalue weighted by Gasteiger charge is -2.25. The number of isocyanates is 1. The van der Waals surface area contributed by atoms with Gasteiger partial charge in [-0.2, -0.15) is 0 Å². The van der Waals surface area contributed by atoms with Crippen molar-refractivity contribution in [2.24, 2.45) is 10.9 Å². The van der Waals surface area contributed by atoms with Gasteiger partial charge in [0.25, 0.3) is 0 Å². The number of hydrogen-bond donors (Lipinski definition) is 2. The SMILES string of the molecule is CB(O)NCC1CCC(N=C=O)CC1. The molecule has 78 valence electrons. The molecule has 1 rings (SSSR count). The first kappa shape index (κ1) is 11.4. The maximum absolute atomic E-state index is 10.0. The van der Waals surface area contributed by atoms with E-state index in [2.05, 4.69) is 10.2 Å². The summed E-state index contributed by atoms with van der Waals surface area (Å²) in [7, 11) is -0.430. The molecule has 2 N–H and O–H groups in total. The molecule has 0 heterocycles. The largest absolute Gasteiger partial charge is 0.437 e. The van der Waals surface area contributed by atoms with Crippen LogP contribution in [0.2, 0.25) is 6.82 Å². The molecule has 1 saturated carbocycles. The summed E-state index contributed by atoms with van der Waals surface area (Å²) in [5, 5.41) is 12.0. The van der Waals surface area contributed by atoms with Crippen molar-refractivity contribution in [2.75, 3.05) is 6.54 Å². The highest BCUT2D eigenvalue weighted by Gasteiger charge is 2.20. The zero-order valence-electron chi connectivity index (χ0n) is 8.57. The van der Waals surface area contributed by atoms with E-state index in [-0.39, 0.29) is 6.04 Å². The van der Waals surface area contributed by atoms with E-state index in [0.717, 1.165) is 32.2 Å². The standard InChI is InChI=1S/C9H17BN2O2/c1-10(14)12-6-8-2-4-9(5-3-8)11-7-13/h8-9,12,14H,2-6H2,1H3. The van der Waals surface area contributed by atoms with Crippen LogP contribution >= 0.6 is 0 Å². The van der Waals surface area contributed by atoms with Crippen LogP contribution in [0.3, 0.4) is 0 Å². The molecule has 0 bridgehead atoms. The highest BCUT2D eigenvalue weighted by atomic mass is 16.2. The van der Waals surface area contributed by atoms with E-state index in [9.17, 15) is 4.79 Å². The highest BCUT2D eigenvalue weighted by Crippen LogP contribution is 2.25. The Hall–Kier alpha value is -0.635. The Balaban J connectivity index is 2.18. The molecule has 0 radical (unpaired) electrons. The zero-order chi connectivity index (χ0) is 10.4. The van der Waals surface area contributed by atoms with Crippen LogP contribution in [0.15, 0.2) is 4.99 Å². The first-order valence-electron chi connectivity index (χ1n) is 5.20. The van der Waals surface area contributed by atoms with E-state index in [4.69, 9.17) is 5.02 Å². The molecule has 0 aromatic carbocycles. The number of hydrogen-bond acceptors (Lipinski definition) is 4. The molecule has 1 aliphatic rings.